The third kappa shape index (κ3) is 3.44. The van der Waals surface area contributed by atoms with Crippen molar-refractivity contribution in [1.29, 1.82) is 5.26 Å². The van der Waals surface area contributed by atoms with Crippen LogP contribution in [0.5, 0.6) is 0 Å². The van der Waals surface area contributed by atoms with Gasteiger partial charge in [-0.3, -0.25) is 4.79 Å². The molecule has 0 saturated heterocycles. The van der Waals surface area contributed by atoms with Gasteiger partial charge in [-0.2, -0.15) is 5.26 Å². The monoisotopic (exact) mass is 274 g/mol. The SMILES string of the molecule is Cc1cc(C#N)nc(NCC2CCCCC2C(=O)O)n1. The van der Waals surface area contributed by atoms with Crippen LogP contribution in [0.15, 0.2) is 6.07 Å². The Kier molecular flexibility index (Phi) is 4.51. The van der Waals surface area contributed by atoms with Crippen LogP contribution in [0.25, 0.3) is 0 Å². The lowest BCUT2D eigenvalue weighted by atomic mass is 9.79. The van der Waals surface area contributed by atoms with Gasteiger partial charge in [0.15, 0.2) is 0 Å². The van der Waals surface area contributed by atoms with Crippen molar-refractivity contribution in [3.8, 4) is 6.07 Å². The fourth-order valence-corrected chi connectivity index (χ4v) is 2.70. The van der Waals surface area contributed by atoms with E-state index < -0.39 is 5.97 Å². The fraction of sp³-hybridized carbons (Fsp3) is 0.571. The maximum absolute atomic E-state index is 11.2. The van der Waals surface area contributed by atoms with Crippen molar-refractivity contribution in [2.75, 3.05) is 11.9 Å². The Bertz CT molecular complexity index is 538. The van der Waals surface area contributed by atoms with E-state index in [1.165, 1.54) is 0 Å². The van der Waals surface area contributed by atoms with E-state index in [1.807, 2.05) is 6.07 Å². The van der Waals surface area contributed by atoms with Crippen LogP contribution in [0.1, 0.15) is 37.1 Å². The summed E-state index contributed by atoms with van der Waals surface area (Å²) in [6.45, 7) is 2.33. The first-order valence-electron chi connectivity index (χ1n) is 6.82. The summed E-state index contributed by atoms with van der Waals surface area (Å²) in [6.07, 6.45) is 3.68. The quantitative estimate of drug-likeness (QED) is 0.870. The van der Waals surface area contributed by atoms with Gasteiger partial charge in [-0.1, -0.05) is 12.8 Å². The smallest absolute Gasteiger partial charge is 0.306 e. The van der Waals surface area contributed by atoms with E-state index in [4.69, 9.17) is 5.26 Å². The molecule has 0 amide bonds. The van der Waals surface area contributed by atoms with Crippen molar-refractivity contribution < 1.29 is 9.90 Å². The Morgan fingerprint density at radius 1 is 1.50 bits per heavy atom. The minimum absolute atomic E-state index is 0.0934. The van der Waals surface area contributed by atoms with Gasteiger partial charge in [0.1, 0.15) is 11.8 Å². The highest BCUT2D eigenvalue weighted by molar-refractivity contribution is 5.70. The molecule has 1 aromatic rings. The summed E-state index contributed by atoms with van der Waals surface area (Å²) >= 11 is 0. The largest absolute Gasteiger partial charge is 0.481 e. The molecule has 6 nitrogen and oxygen atoms in total. The Morgan fingerprint density at radius 3 is 2.95 bits per heavy atom. The van der Waals surface area contributed by atoms with Crippen LogP contribution in [0.3, 0.4) is 0 Å². The predicted molar refractivity (Wildman–Crippen MR) is 73.1 cm³/mol. The van der Waals surface area contributed by atoms with Crippen molar-refractivity contribution in [1.82, 2.24) is 9.97 Å². The molecule has 1 aliphatic carbocycles. The van der Waals surface area contributed by atoms with Gasteiger partial charge in [0.25, 0.3) is 0 Å². The Hall–Kier alpha value is -2.16. The number of carbonyl (C=O) groups is 1. The number of hydrogen-bond donors (Lipinski definition) is 2. The first-order chi connectivity index (χ1) is 9.60. The summed E-state index contributed by atoms with van der Waals surface area (Å²) in [5.41, 5.74) is 1.04. The van der Waals surface area contributed by atoms with E-state index in [9.17, 15) is 9.90 Å². The molecule has 6 heteroatoms. The first-order valence-corrected chi connectivity index (χ1v) is 6.82. The second kappa shape index (κ2) is 6.33. The molecule has 1 aliphatic rings. The van der Waals surface area contributed by atoms with Gasteiger partial charge in [0, 0.05) is 12.2 Å². The number of carboxylic acid groups (broad SMARTS) is 1. The van der Waals surface area contributed by atoms with Gasteiger partial charge in [0.2, 0.25) is 5.95 Å². The van der Waals surface area contributed by atoms with Crippen LogP contribution in [-0.4, -0.2) is 27.6 Å². The third-order valence-corrected chi connectivity index (χ3v) is 3.72. The number of carboxylic acids is 1. The topological polar surface area (TPSA) is 98.9 Å². The van der Waals surface area contributed by atoms with Crippen molar-refractivity contribution in [3.05, 3.63) is 17.5 Å². The molecule has 1 saturated carbocycles. The molecular weight excluding hydrogens is 256 g/mol. The lowest BCUT2D eigenvalue weighted by molar-refractivity contribution is -0.144. The molecule has 20 heavy (non-hydrogen) atoms. The number of nitriles is 1. The van der Waals surface area contributed by atoms with Gasteiger partial charge >= 0.3 is 5.97 Å². The number of aliphatic carboxylic acids is 1. The normalized spacial score (nSPS) is 22.0. The number of anilines is 1. The molecule has 1 aromatic heterocycles. The standard InChI is InChI=1S/C14H18N4O2/c1-9-6-11(7-15)18-14(17-9)16-8-10-4-2-3-5-12(10)13(19)20/h6,10,12H,2-5,8H2,1H3,(H,19,20)(H,16,17,18). The molecule has 106 valence electrons. The molecule has 2 unspecified atom stereocenters. The molecule has 0 spiro atoms. The van der Waals surface area contributed by atoms with Crippen molar-refractivity contribution in [2.24, 2.45) is 11.8 Å². The zero-order valence-electron chi connectivity index (χ0n) is 11.5. The molecule has 0 aliphatic heterocycles. The van der Waals surface area contributed by atoms with Crippen LogP contribution in [-0.2, 0) is 4.79 Å². The average molecular weight is 274 g/mol. The van der Waals surface area contributed by atoms with Crippen molar-refractivity contribution in [3.63, 3.8) is 0 Å². The molecule has 0 radical (unpaired) electrons. The summed E-state index contributed by atoms with van der Waals surface area (Å²) in [5, 5.41) is 21.2. The van der Waals surface area contributed by atoms with E-state index in [2.05, 4.69) is 15.3 Å². The maximum Gasteiger partial charge on any atom is 0.306 e. The average Bonchev–Trinajstić information content (AvgIpc) is 2.44. The van der Waals surface area contributed by atoms with Crippen LogP contribution in [0, 0.1) is 30.1 Å². The molecule has 2 rings (SSSR count). The fourth-order valence-electron chi connectivity index (χ4n) is 2.70. The number of nitrogens with zero attached hydrogens (tertiary/aromatic N) is 3. The first kappa shape index (κ1) is 14.3. The third-order valence-electron chi connectivity index (χ3n) is 3.72. The summed E-state index contributed by atoms with van der Waals surface area (Å²) in [6, 6.07) is 3.60. The highest BCUT2D eigenvalue weighted by Crippen LogP contribution is 2.30. The van der Waals surface area contributed by atoms with Gasteiger partial charge in [-0.15, -0.1) is 0 Å². The lowest BCUT2D eigenvalue weighted by Crippen LogP contribution is -2.32. The maximum atomic E-state index is 11.2. The molecular formula is C14H18N4O2. The zero-order valence-corrected chi connectivity index (χ0v) is 11.5. The zero-order chi connectivity index (χ0) is 14.5. The van der Waals surface area contributed by atoms with Gasteiger partial charge in [0.05, 0.1) is 5.92 Å². The minimum Gasteiger partial charge on any atom is -0.481 e. The molecule has 0 aromatic carbocycles. The number of aryl methyl sites for hydroxylation is 1. The van der Waals surface area contributed by atoms with Crippen molar-refractivity contribution >= 4 is 11.9 Å². The molecule has 2 atom stereocenters. The highest BCUT2D eigenvalue weighted by atomic mass is 16.4. The van der Waals surface area contributed by atoms with E-state index in [0.29, 0.717) is 18.2 Å². The second-order valence-electron chi connectivity index (χ2n) is 5.20. The van der Waals surface area contributed by atoms with Crippen LogP contribution >= 0.6 is 0 Å². The van der Waals surface area contributed by atoms with Gasteiger partial charge in [-0.05, 0) is 31.7 Å². The number of aromatic nitrogens is 2. The highest BCUT2D eigenvalue weighted by Gasteiger charge is 2.30. The molecule has 1 fully saturated rings. The van der Waals surface area contributed by atoms with Crippen molar-refractivity contribution in [2.45, 2.75) is 32.6 Å². The van der Waals surface area contributed by atoms with Crippen LogP contribution in [0.2, 0.25) is 0 Å². The summed E-state index contributed by atoms with van der Waals surface area (Å²) in [7, 11) is 0. The van der Waals surface area contributed by atoms with Crippen LogP contribution < -0.4 is 5.32 Å². The Morgan fingerprint density at radius 2 is 2.25 bits per heavy atom. The van der Waals surface area contributed by atoms with E-state index in [0.717, 1.165) is 31.4 Å². The van der Waals surface area contributed by atoms with E-state index in [-0.39, 0.29) is 11.8 Å². The summed E-state index contributed by atoms with van der Waals surface area (Å²) < 4.78 is 0. The number of rotatable bonds is 4. The van der Waals surface area contributed by atoms with Crippen LogP contribution in [0.4, 0.5) is 5.95 Å². The van der Waals surface area contributed by atoms with E-state index >= 15 is 0 Å². The Balaban J connectivity index is 2.02. The second-order valence-corrected chi connectivity index (χ2v) is 5.20. The Labute approximate surface area is 117 Å². The van der Waals surface area contributed by atoms with Gasteiger partial charge < -0.3 is 10.4 Å². The number of hydrogen-bond acceptors (Lipinski definition) is 5. The summed E-state index contributed by atoms with van der Waals surface area (Å²) in [4.78, 5) is 19.5. The summed E-state index contributed by atoms with van der Waals surface area (Å²) in [5.74, 6) is -0.525. The minimum atomic E-state index is -0.723. The molecule has 2 N–H and O–H groups in total. The number of nitrogens with one attached hydrogen (secondary N) is 1. The van der Waals surface area contributed by atoms with E-state index in [1.54, 1.807) is 13.0 Å². The van der Waals surface area contributed by atoms with Gasteiger partial charge in [-0.25, -0.2) is 9.97 Å². The molecule has 0 bridgehead atoms. The predicted octanol–water partition coefficient (Wildman–Crippen LogP) is 1.96. The molecule has 1 heterocycles. The lowest BCUT2D eigenvalue weighted by Gasteiger charge is -2.28.